The average Bonchev–Trinajstić information content (AvgIpc) is 2.41. The van der Waals surface area contributed by atoms with E-state index in [9.17, 15) is 0 Å². The highest BCUT2D eigenvalue weighted by molar-refractivity contribution is 5.80. The standard InChI is InChI=1S/C17H15N/c1-2-4-6-10-14-18-15-17-13-9-8-12-16(17)11-7-5-3-1/h1-15H. The summed E-state index contributed by atoms with van der Waals surface area (Å²) < 4.78 is 0. The van der Waals surface area contributed by atoms with Crippen LogP contribution in [0.2, 0.25) is 0 Å². The Morgan fingerprint density at radius 2 is 1.00 bits per heavy atom. The first-order chi connectivity index (χ1) is 8.97. The fourth-order valence-electron chi connectivity index (χ4n) is 1.55. The predicted octanol–water partition coefficient (Wildman–Crippen LogP) is 4.48. The lowest BCUT2D eigenvalue weighted by Gasteiger charge is -1.89. The Morgan fingerprint density at radius 3 is 1.72 bits per heavy atom. The van der Waals surface area contributed by atoms with Crippen molar-refractivity contribution in [1.82, 2.24) is 4.98 Å². The van der Waals surface area contributed by atoms with Crippen LogP contribution in [0, 0.1) is 0 Å². The molecule has 0 aliphatic carbocycles. The van der Waals surface area contributed by atoms with E-state index in [2.05, 4.69) is 23.2 Å². The zero-order chi connectivity index (χ0) is 12.5. The molecule has 0 aliphatic heterocycles. The van der Waals surface area contributed by atoms with Gasteiger partial charge in [0.15, 0.2) is 0 Å². The molecular weight excluding hydrogens is 218 g/mol. The molecule has 1 aromatic heterocycles. The molecule has 0 amide bonds. The van der Waals surface area contributed by atoms with Crippen molar-refractivity contribution < 1.29 is 0 Å². The maximum Gasteiger partial charge on any atom is 0.0346 e. The van der Waals surface area contributed by atoms with Gasteiger partial charge in [0.1, 0.15) is 0 Å². The summed E-state index contributed by atoms with van der Waals surface area (Å²) >= 11 is 0. The second-order valence-electron chi connectivity index (χ2n) is 3.76. The Bertz CT molecular complexity index is 561. The Morgan fingerprint density at radius 1 is 0.500 bits per heavy atom. The monoisotopic (exact) mass is 233 g/mol. The minimum absolute atomic E-state index is 1.11. The molecule has 2 rings (SSSR count). The minimum Gasteiger partial charge on any atom is -0.264 e. The molecule has 1 nitrogen and oxygen atoms in total. The molecule has 0 radical (unpaired) electrons. The molecule has 0 unspecified atom stereocenters. The quantitative estimate of drug-likeness (QED) is 0.653. The van der Waals surface area contributed by atoms with E-state index < -0.39 is 0 Å². The molecule has 0 saturated heterocycles. The average molecular weight is 233 g/mol. The predicted molar refractivity (Wildman–Crippen MR) is 77.0 cm³/mol. The van der Waals surface area contributed by atoms with Crippen LogP contribution in [0.4, 0.5) is 0 Å². The molecule has 1 heteroatoms. The number of benzene rings is 1. The third-order valence-electron chi connectivity index (χ3n) is 2.44. The molecular formula is C17H15N. The van der Waals surface area contributed by atoms with Gasteiger partial charge in [-0.05, 0) is 16.8 Å². The van der Waals surface area contributed by atoms with Crippen molar-refractivity contribution in [3.8, 4) is 0 Å². The van der Waals surface area contributed by atoms with E-state index in [1.54, 1.807) is 6.20 Å². The molecule has 1 aromatic carbocycles. The van der Waals surface area contributed by atoms with Gasteiger partial charge in [-0.25, -0.2) is 0 Å². The molecule has 0 fully saturated rings. The van der Waals surface area contributed by atoms with Crippen LogP contribution in [-0.2, 0) is 0 Å². The molecule has 88 valence electrons. The Kier molecular flexibility index (Phi) is 4.70. The fraction of sp³-hybridized carbons (Fsp3) is 0. The summed E-state index contributed by atoms with van der Waals surface area (Å²) in [7, 11) is 0. The number of hydrogen-bond acceptors (Lipinski definition) is 1. The third-order valence-corrected chi connectivity index (χ3v) is 2.44. The number of fused-ring (bicyclic) bond motifs is 1. The lowest BCUT2D eigenvalue weighted by Crippen LogP contribution is -1.67. The summed E-state index contributed by atoms with van der Waals surface area (Å²) in [6.45, 7) is 0. The van der Waals surface area contributed by atoms with Crippen LogP contribution in [0.15, 0.2) is 91.3 Å². The van der Waals surface area contributed by atoms with Crippen LogP contribution in [0.1, 0.15) is 0 Å². The van der Waals surface area contributed by atoms with Crippen molar-refractivity contribution in [2.45, 2.75) is 0 Å². The van der Waals surface area contributed by atoms with Gasteiger partial charge in [0.25, 0.3) is 0 Å². The second-order valence-corrected chi connectivity index (χ2v) is 3.76. The molecule has 0 N–H and O–H groups in total. The highest BCUT2D eigenvalue weighted by Gasteiger charge is 1.83. The van der Waals surface area contributed by atoms with Gasteiger partial charge in [-0.15, -0.1) is 0 Å². The molecule has 2 aromatic rings. The van der Waals surface area contributed by atoms with Crippen LogP contribution in [-0.4, -0.2) is 4.98 Å². The summed E-state index contributed by atoms with van der Waals surface area (Å²) in [6, 6.07) is 26.1. The van der Waals surface area contributed by atoms with Gasteiger partial charge < -0.3 is 0 Å². The topological polar surface area (TPSA) is 12.9 Å². The number of hydrogen-bond donors (Lipinski definition) is 0. The Hall–Kier alpha value is -2.41. The van der Waals surface area contributed by atoms with Crippen molar-refractivity contribution in [2.75, 3.05) is 0 Å². The summed E-state index contributed by atoms with van der Waals surface area (Å²) in [6.07, 6.45) is 3.65. The van der Waals surface area contributed by atoms with Gasteiger partial charge in [-0.1, -0.05) is 72.8 Å². The lowest BCUT2D eigenvalue weighted by atomic mass is 10.2. The van der Waals surface area contributed by atoms with E-state index in [1.807, 2.05) is 66.9 Å². The van der Waals surface area contributed by atoms with Crippen molar-refractivity contribution in [3.05, 3.63) is 91.3 Å². The summed E-state index contributed by atoms with van der Waals surface area (Å²) in [5.41, 5.74) is 0. The number of nitrogens with zero attached hydrogens (tertiary/aromatic N) is 1. The molecule has 1 heterocycles. The molecule has 0 atom stereocenters. The molecule has 0 bridgehead atoms. The molecule has 0 saturated carbocycles. The van der Waals surface area contributed by atoms with Gasteiger partial charge in [-0.3, -0.25) is 4.98 Å². The summed E-state index contributed by atoms with van der Waals surface area (Å²) in [5, 5.41) is 2.28. The SMILES string of the molecule is c1cccccc2ccccc2cncccc1. The van der Waals surface area contributed by atoms with Gasteiger partial charge in [0, 0.05) is 12.4 Å². The summed E-state index contributed by atoms with van der Waals surface area (Å²) in [4.78, 5) is 4.27. The van der Waals surface area contributed by atoms with Crippen LogP contribution in [0.25, 0.3) is 10.8 Å². The van der Waals surface area contributed by atoms with Crippen molar-refractivity contribution in [2.24, 2.45) is 0 Å². The molecule has 0 aliphatic rings. The van der Waals surface area contributed by atoms with Crippen LogP contribution in [0.3, 0.4) is 0 Å². The third kappa shape index (κ3) is 3.87. The number of aromatic nitrogens is 1. The molecule has 18 heavy (non-hydrogen) atoms. The van der Waals surface area contributed by atoms with Gasteiger partial charge in [0.05, 0.1) is 0 Å². The Labute approximate surface area is 107 Å². The highest BCUT2D eigenvalue weighted by Crippen LogP contribution is 2.08. The van der Waals surface area contributed by atoms with Crippen LogP contribution >= 0.6 is 0 Å². The van der Waals surface area contributed by atoms with Crippen LogP contribution < -0.4 is 0 Å². The van der Waals surface area contributed by atoms with Gasteiger partial charge >= 0.3 is 0 Å². The van der Waals surface area contributed by atoms with E-state index >= 15 is 0 Å². The van der Waals surface area contributed by atoms with E-state index in [0.29, 0.717) is 0 Å². The van der Waals surface area contributed by atoms with E-state index in [0.717, 1.165) is 10.8 Å². The molecule has 0 spiro atoms. The van der Waals surface area contributed by atoms with Crippen molar-refractivity contribution in [1.29, 1.82) is 0 Å². The first kappa shape index (κ1) is 12.1. The largest absolute Gasteiger partial charge is 0.264 e. The first-order valence-corrected chi connectivity index (χ1v) is 5.92. The fourth-order valence-corrected chi connectivity index (χ4v) is 1.55. The van der Waals surface area contributed by atoms with Gasteiger partial charge in [0.2, 0.25) is 0 Å². The zero-order valence-electron chi connectivity index (χ0n) is 10.1. The normalized spacial score (nSPS) is 9.11. The maximum absolute atomic E-state index is 4.27. The van der Waals surface area contributed by atoms with Crippen LogP contribution in [0.5, 0.6) is 0 Å². The van der Waals surface area contributed by atoms with E-state index in [4.69, 9.17) is 0 Å². The summed E-state index contributed by atoms with van der Waals surface area (Å²) in [5.74, 6) is 0. The first-order valence-electron chi connectivity index (χ1n) is 5.92. The van der Waals surface area contributed by atoms with E-state index in [1.165, 1.54) is 0 Å². The second kappa shape index (κ2) is 7.02. The van der Waals surface area contributed by atoms with Crippen molar-refractivity contribution in [3.63, 3.8) is 0 Å². The Balaban J connectivity index is 2.63. The number of rotatable bonds is 0. The smallest absolute Gasteiger partial charge is 0.0346 e. The lowest BCUT2D eigenvalue weighted by molar-refractivity contribution is 1.37. The highest BCUT2D eigenvalue weighted by atomic mass is 14.6. The van der Waals surface area contributed by atoms with E-state index in [-0.39, 0.29) is 0 Å². The van der Waals surface area contributed by atoms with Crippen molar-refractivity contribution >= 4 is 10.8 Å². The van der Waals surface area contributed by atoms with Gasteiger partial charge in [-0.2, -0.15) is 0 Å². The zero-order valence-corrected chi connectivity index (χ0v) is 10.1. The maximum atomic E-state index is 4.27. The minimum atomic E-state index is 1.11.